The highest BCUT2D eigenvalue weighted by molar-refractivity contribution is 5.90. The van der Waals surface area contributed by atoms with Gasteiger partial charge in [-0.05, 0) is 18.2 Å². The molecule has 5 nitrogen and oxygen atoms in total. The van der Waals surface area contributed by atoms with E-state index in [1.807, 2.05) is 0 Å². The Kier molecular flexibility index (Phi) is 1.85. The van der Waals surface area contributed by atoms with E-state index in [0.717, 1.165) is 5.52 Å². The van der Waals surface area contributed by atoms with E-state index in [-0.39, 0.29) is 5.82 Å². The number of ether oxygens (including phenoxy) is 1. The predicted octanol–water partition coefficient (Wildman–Crippen LogP) is 0.932. The standard InChI is InChI=1S/C9H9N3O2/c1-14-9(13)8-11-6-3-2-5(10)4-7(6)12-8/h2-4H,10H2,1H3,(H,11,12). The van der Waals surface area contributed by atoms with Gasteiger partial charge in [-0.3, -0.25) is 0 Å². The molecule has 0 aliphatic rings. The number of fused-ring (bicyclic) bond motifs is 1. The smallest absolute Gasteiger partial charge is 0.374 e. The third-order valence-corrected chi connectivity index (χ3v) is 1.89. The number of carbonyl (C=O) groups is 1. The van der Waals surface area contributed by atoms with Crippen molar-refractivity contribution in [1.29, 1.82) is 0 Å². The summed E-state index contributed by atoms with van der Waals surface area (Å²) >= 11 is 0. The Bertz CT molecular complexity index is 490. The summed E-state index contributed by atoms with van der Waals surface area (Å²) < 4.78 is 4.53. The minimum Gasteiger partial charge on any atom is -0.463 e. The van der Waals surface area contributed by atoms with Crippen LogP contribution in [-0.2, 0) is 4.74 Å². The summed E-state index contributed by atoms with van der Waals surface area (Å²) in [4.78, 5) is 18.0. The third-order valence-electron chi connectivity index (χ3n) is 1.89. The van der Waals surface area contributed by atoms with Gasteiger partial charge in [0.05, 0.1) is 18.1 Å². The van der Waals surface area contributed by atoms with Crippen molar-refractivity contribution in [2.75, 3.05) is 12.8 Å². The minimum absolute atomic E-state index is 0.188. The van der Waals surface area contributed by atoms with E-state index in [0.29, 0.717) is 11.2 Å². The first-order chi connectivity index (χ1) is 6.70. The van der Waals surface area contributed by atoms with Gasteiger partial charge in [-0.2, -0.15) is 0 Å². The Balaban J connectivity index is 2.56. The lowest BCUT2D eigenvalue weighted by atomic mass is 10.3. The number of aromatic amines is 1. The summed E-state index contributed by atoms with van der Waals surface area (Å²) in [5.74, 6) is -0.298. The Morgan fingerprint density at radius 3 is 3.07 bits per heavy atom. The number of carbonyl (C=O) groups excluding carboxylic acids is 1. The number of methoxy groups -OCH3 is 1. The van der Waals surface area contributed by atoms with E-state index in [4.69, 9.17) is 5.73 Å². The molecule has 2 aromatic rings. The predicted molar refractivity (Wildman–Crippen MR) is 51.8 cm³/mol. The van der Waals surface area contributed by atoms with Crippen molar-refractivity contribution in [2.24, 2.45) is 0 Å². The molecule has 14 heavy (non-hydrogen) atoms. The number of imidazole rings is 1. The number of nitrogens with zero attached hydrogens (tertiary/aromatic N) is 1. The average molecular weight is 191 g/mol. The number of H-pyrrole nitrogens is 1. The molecule has 0 aliphatic carbocycles. The van der Waals surface area contributed by atoms with E-state index in [2.05, 4.69) is 14.7 Å². The normalized spacial score (nSPS) is 10.4. The zero-order valence-corrected chi connectivity index (χ0v) is 7.57. The first-order valence-electron chi connectivity index (χ1n) is 4.04. The van der Waals surface area contributed by atoms with Crippen molar-refractivity contribution in [1.82, 2.24) is 9.97 Å². The summed E-state index contributed by atoms with van der Waals surface area (Å²) in [7, 11) is 1.31. The first-order valence-corrected chi connectivity index (χ1v) is 4.04. The highest BCUT2D eigenvalue weighted by atomic mass is 16.5. The van der Waals surface area contributed by atoms with Gasteiger partial charge in [-0.15, -0.1) is 0 Å². The molecule has 0 saturated carbocycles. The molecule has 5 heteroatoms. The number of hydrogen-bond acceptors (Lipinski definition) is 4. The Morgan fingerprint density at radius 2 is 2.36 bits per heavy atom. The molecule has 0 radical (unpaired) electrons. The molecule has 0 spiro atoms. The number of aromatic nitrogens is 2. The van der Waals surface area contributed by atoms with Gasteiger partial charge in [0.25, 0.3) is 0 Å². The maximum atomic E-state index is 11.1. The molecule has 0 unspecified atom stereocenters. The quantitative estimate of drug-likeness (QED) is 0.519. The van der Waals surface area contributed by atoms with Crippen molar-refractivity contribution < 1.29 is 9.53 Å². The zero-order valence-electron chi connectivity index (χ0n) is 7.57. The molecule has 72 valence electrons. The minimum atomic E-state index is -0.486. The van der Waals surface area contributed by atoms with Gasteiger partial charge < -0.3 is 15.5 Å². The number of anilines is 1. The SMILES string of the molecule is COC(=O)c1nc2cc(N)ccc2[nH]1. The van der Waals surface area contributed by atoms with Gasteiger partial charge in [0.1, 0.15) is 0 Å². The van der Waals surface area contributed by atoms with E-state index < -0.39 is 5.97 Å². The van der Waals surface area contributed by atoms with Gasteiger partial charge >= 0.3 is 5.97 Å². The van der Waals surface area contributed by atoms with Crippen LogP contribution in [0.2, 0.25) is 0 Å². The lowest BCUT2D eigenvalue weighted by molar-refractivity contribution is 0.0588. The van der Waals surface area contributed by atoms with Crippen LogP contribution in [0.4, 0.5) is 5.69 Å². The average Bonchev–Trinajstić information content (AvgIpc) is 2.59. The molecule has 1 aromatic heterocycles. The van der Waals surface area contributed by atoms with Crippen LogP contribution >= 0.6 is 0 Å². The monoisotopic (exact) mass is 191 g/mol. The molecule has 1 heterocycles. The molecule has 0 saturated heterocycles. The van der Waals surface area contributed by atoms with Crippen molar-refractivity contribution >= 4 is 22.7 Å². The Labute approximate surface area is 79.9 Å². The van der Waals surface area contributed by atoms with Crippen LogP contribution in [0.3, 0.4) is 0 Å². The number of hydrogen-bond donors (Lipinski definition) is 2. The second-order valence-corrected chi connectivity index (χ2v) is 2.85. The van der Waals surface area contributed by atoms with Crippen LogP contribution in [0, 0.1) is 0 Å². The molecule has 0 fully saturated rings. The lowest BCUT2D eigenvalue weighted by Crippen LogP contribution is -2.02. The van der Waals surface area contributed by atoms with Crippen LogP contribution in [-0.4, -0.2) is 23.0 Å². The van der Waals surface area contributed by atoms with E-state index in [9.17, 15) is 4.79 Å². The highest BCUT2D eigenvalue weighted by Crippen LogP contribution is 2.14. The molecule has 2 rings (SSSR count). The number of nitrogens with one attached hydrogen (secondary N) is 1. The fraction of sp³-hybridized carbons (Fsp3) is 0.111. The molecule has 0 amide bonds. The zero-order chi connectivity index (χ0) is 10.1. The fourth-order valence-electron chi connectivity index (χ4n) is 1.22. The number of esters is 1. The number of nitrogen functional groups attached to an aromatic ring is 1. The van der Waals surface area contributed by atoms with Crippen molar-refractivity contribution in [3.05, 3.63) is 24.0 Å². The largest absolute Gasteiger partial charge is 0.463 e. The molecule has 3 N–H and O–H groups in total. The molecule has 0 atom stereocenters. The number of rotatable bonds is 1. The van der Waals surface area contributed by atoms with E-state index in [1.165, 1.54) is 7.11 Å². The summed E-state index contributed by atoms with van der Waals surface area (Å²) in [6, 6.07) is 5.20. The van der Waals surface area contributed by atoms with Crippen LogP contribution in [0.15, 0.2) is 18.2 Å². The molecular formula is C9H9N3O2. The van der Waals surface area contributed by atoms with E-state index >= 15 is 0 Å². The maximum absolute atomic E-state index is 11.1. The molecule has 0 aliphatic heterocycles. The van der Waals surface area contributed by atoms with Gasteiger partial charge in [0, 0.05) is 5.69 Å². The van der Waals surface area contributed by atoms with Crippen LogP contribution in [0.5, 0.6) is 0 Å². The summed E-state index contributed by atoms with van der Waals surface area (Å²) in [6.45, 7) is 0. The fourth-order valence-corrected chi connectivity index (χ4v) is 1.22. The second-order valence-electron chi connectivity index (χ2n) is 2.85. The van der Waals surface area contributed by atoms with E-state index in [1.54, 1.807) is 18.2 Å². The van der Waals surface area contributed by atoms with Gasteiger partial charge in [0.15, 0.2) is 0 Å². The summed E-state index contributed by atoms with van der Waals surface area (Å²) in [5, 5.41) is 0. The third kappa shape index (κ3) is 1.28. The molecule has 0 bridgehead atoms. The number of nitrogens with two attached hydrogens (primary N) is 1. The molecule has 1 aromatic carbocycles. The maximum Gasteiger partial charge on any atom is 0.374 e. The highest BCUT2D eigenvalue weighted by Gasteiger charge is 2.10. The summed E-state index contributed by atoms with van der Waals surface area (Å²) in [5.41, 5.74) is 7.60. The van der Waals surface area contributed by atoms with Crippen LogP contribution < -0.4 is 5.73 Å². The van der Waals surface area contributed by atoms with Crippen molar-refractivity contribution in [3.8, 4) is 0 Å². The Morgan fingerprint density at radius 1 is 1.57 bits per heavy atom. The lowest BCUT2D eigenvalue weighted by Gasteiger charge is -1.90. The number of benzene rings is 1. The Hall–Kier alpha value is -2.04. The van der Waals surface area contributed by atoms with Gasteiger partial charge in [0.2, 0.25) is 5.82 Å². The van der Waals surface area contributed by atoms with Crippen LogP contribution in [0.25, 0.3) is 11.0 Å². The topological polar surface area (TPSA) is 81.0 Å². The van der Waals surface area contributed by atoms with Crippen molar-refractivity contribution in [2.45, 2.75) is 0 Å². The van der Waals surface area contributed by atoms with Gasteiger partial charge in [-0.25, -0.2) is 9.78 Å². The molecular weight excluding hydrogens is 182 g/mol. The first kappa shape index (κ1) is 8.55. The van der Waals surface area contributed by atoms with Crippen LogP contribution in [0.1, 0.15) is 10.6 Å². The summed E-state index contributed by atoms with van der Waals surface area (Å²) in [6.07, 6.45) is 0. The van der Waals surface area contributed by atoms with Crippen molar-refractivity contribution in [3.63, 3.8) is 0 Å². The van der Waals surface area contributed by atoms with Gasteiger partial charge in [-0.1, -0.05) is 0 Å². The second kappa shape index (κ2) is 3.02.